The van der Waals surface area contributed by atoms with Gasteiger partial charge in [-0.2, -0.15) is 0 Å². The number of benzene rings is 1. The molecule has 0 aliphatic carbocycles. The summed E-state index contributed by atoms with van der Waals surface area (Å²) in [6.07, 6.45) is 3.93. The molecule has 1 amide bonds. The molecule has 1 aromatic rings. The quantitative estimate of drug-likeness (QED) is 0.860. The van der Waals surface area contributed by atoms with E-state index in [1.807, 2.05) is 6.07 Å². The van der Waals surface area contributed by atoms with Crippen LogP contribution < -0.4 is 16.0 Å². The van der Waals surface area contributed by atoms with Crippen LogP contribution in [0.2, 0.25) is 0 Å². The van der Waals surface area contributed by atoms with Crippen LogP contribution in [0.4, 0.5) is 11.4 Å². The van der Waals surface area contributed by atoms with E-state index in [0.717, 1.165) is 24.3 Å². The van der Waals surface area contributed by atoms with Gasteiger partial charge in [-0.05, 0) is 44.5 Å². The lowest BCUT2D eigenvalue weighted by atomic mass is 10.1. The van der Waals surface area contributed by atoms with Gasteiger partial charge in [0.25, 0.3) is 0 Å². The second kappa shape index (κ2) is 5.00. The number of nitrogens with zero attached hydrogens (tertiary/aromatic N) is 2. The Morgan fingerprint density at radius 1 is 1.19 bits per heavy atom. The predicted octanol–water partition coefficient (Wildman–Crippen LogP) is 1.31. The zero-order valence-electron chi connectivity index (χ0n) is 12.2. The lowest BCUT2D eigenvalue weighted by Crippen LogP contribution is -2.35. The molecule has 0 saturated carbocycles. The Kier molecular flexibility index (Phi) is 3.12. The second-order valence-corrected chi connectivity index (χ2v) is 6.37. The summed E-state index contributed by atoms with van der Waals surface area (Å²) in [5.41, 5.74) is 8.86. The minimum atomic E-state index is -0.509. The van der Waals surface area contributed by atoms with Gasteiger partial charge in [0.2, 0.25) is 5.91 Å². The number of amides is 1. The fraction of sp³-hybridized carbons (Fsp3) is 0.562. The number of hydrogen-bond acceptors (Lipinski definition) is 4. The molecule has 3 N–H and O–H groups in total. The first-order valence-electron chi connectivity index (χ1n) is 7.92. The standard InChI is InChI=1S/C16H22N4O/c17-15-13-4-3-11(9-14(13)18-16(15)21)20-8-5-12(10-20)19-6-1-2-7-19/h3-4,9,12,15H,1-2,5-8,10,17H2,(H,18,21). The van der Waals surface area contributed by atoms with E-state index in [1.54, 1.807) is 0 Å². The number of carbonyl (C=O) groups is 1. The number of likely N-dealkylation sites (tertiary alicyclic amines) is 1. The highest BCUT2D eigenvalue weighted by Crippen LogP contribution is 2.34. The molecule has 112 valence electrons. The van der Waals surface area contributed by atoms with Crippen LogP contribution in [0.1, 0.15) is 30.9 Å². The monoisotopic (exact) mass is 286 g/mol. The minimum Gasteiger partial charge on any atom is -0.370 e. The third-order valence-corrected chi connectivity index (χ3v) is 5.10. The van der Waals surface area contributed by atoms with Crippen molar-refractivity contribution in [2.75, 3.05) is 36.4 Å². The van der Waals surface area contributed by atoms with Gasteiger partial charge in [-0.25, -0.2) is 0 Å². The maximum Gasteiger partial charge on any atom is 0.245 e. The summed E-state index contributed by atoms with van der Waals surface area (Å²) in [5.74, 6) is -0.0986. The van der Waals surface area contributed by atoms with Crippen molar-refractivity contribution in [1.29, 1.82) is 0 Å². The number of anilines is 2. The average Bonchev–Trinajstić information content (AvgIpc) is 3.20. The first-order chi connectivity index (χ1) is 10.2. The second-order valence-electron chi connectivity index (χ2n) is 6.37. The number of fused-ring (bicyclic) bond motifs is 1. The molecule has 3 aliphatic rings. The average molecular weight is 286 g/mol. The molecule has 4 rings (SSSR count). The minimum absolute atomic E-state index is 0.0986. The maximum absolute atomic E-state index is 11.6. The van der Waals surface area contributed by atoms with Crippen molar-refractivity contribution < 1.29 is 4.79 Å². The Labute approximate surface area is 125 Å². The van der Waals surface area contributed by atoms with Gasteiger partial charge in [0.1, 0.15) is 6.04 Å². The van der Waals surface area contributed by atoms with E-state index in [0.29, 0.717) is 6.04 Å². The molecular weight excluding hydrogens is 264 g/mol. The molecule has 2 atom stereocenters. The molecule has 2 saturated heterocycles. The van der Waals surface area contributed by atoms with Gasteiger partial charge in [-0.3, -0.25) is 9.69 Å². The molecule has 21 heavy (non-hydrogen) atoms. The van der Waals surface area contributed by atoms with Gasteiger partial charge < -0.3 is 16.0 Å². The van der Waals surface area contributed by atoms with Crippen LogP contribution in [0.5, 0.6) is 0 Å². The maximum atomic E-state index is 11.6. The number of carbonyl (C=O) groups excluding carboxylic acids is 1. The highest BCUT2D eigenvalue weighted by Gasteiger charge is 2.31. The first-order valence-corrected chi connectivity index (χ1v) is 7.92. The highest BCUT2D eigenvalue weighted by atomic mass is 16.2. The van der Waals surface area contributed by atoms with Crippen LogP contribution >= 0.6 is 0 Å². The van der Waals surface area contributed by atoms with Crippen molar-refractivity contribution in [3.63, 3.8) is 0 Å². The number of hydrogen-bond donors (Lipinski definition) is 2. The summed E-state index contributed by atoms with van der Waals surface area (Å²) in [6, 6.07) is 6.36. The van der Waals surface area contributed by atoms with Crippen LogP contribution in [0.25, 0.3) is 0 Å². The van der Waals surface area contributed by atoms with E-state index in [2.05, 4.69) is 27.2 Å². The van der Waals surface area contributed by atoms with E-state index in [9.17, 15) is 4.79 Å². The van der Waals surface area contributed by atoms with Crippen LogP contribution in [0.3, 0.4) is 0 Å². The molecule has 5 nitrogen and oxygen atoms in total. The van der Waals surface area contributed by atoms with Crippen molar-refractivity contribution in [3.05, 3.63) is 23.8 Å². The largest absolute Gasteiger partial charge is 0.370 e. The van der Waals surface area contributed by atoms with Gasteiger partial charge in [0, 0.05) is 36.1 Å². The summed E-state index contributed by atoms with van der Waals surface area (Å²) in [6.45, 7) is 4.71. The van der Waals surface area contributed by atoms with Gasteiger partial charge in [0.15, 0.2) is 0 Å². The molecule has 0 radical (unpaired) electrons. The molecule has 0 bridgehead atoms. The van der Waals surface area contributed by atoms with E-state index in [1.165, 1.54) is 38.0 Å². The summed E-state index contributed by atoms with van der Waals surface area (Å²) >= 11 is 0. The molecule has 0 spiro atoms. The van der Waals surface area contributed by atoms with Gasteiger partial charge in [-0.1, -0.05) is 6.07 Å². The predicted molar refractivity (Wildman–Crippen MR) is 83.4 cm³/mol. The van der Waals surface area contributed by atoms with Crippen LogP contribution in [-0.2, 0) is 4.79 Å². The fourth-order valence-electron chi connectivity index (χ4n) is 3.85. The summed E-state index contributed by atoms with van der Waals surface area (Å²) in [4.78, 5) is 16.7. The fourth-order valence-corrected chi connectivity index (χ4v) is 3.85. The third kappa shape index (κ3) is 2.21. The lowest BCUT2D eigenvalue weighted by molar-refractivity contribution is -0.116. The number of nitrogens with two attached hydrogens (primary N) is 1. The van der Waals surface area contributed by atoms with Gasteiger partial charge in [-0.15, -0.1) is 0 Å². The SMILES string of the molecule is NC1C(=O)Nc2cc(N3CCC(N4CCCC4)C3)ccc21. The van der Waals surface area contributed by atoms with E-state index in [-0.39, 0.29) is 5.91 Å². The lowest BCUT2D eigenvalue weighted by Gasteiger charge is -2.24. The Morgan fingerprint density at radius 3 is 2.81 bits per heavy atom. The van der Waals surface area contributed by atoms with E-state index in [4.69, 9.17) is 5.73 Å². The molecular formula is C16H22N4O. The first kappa shape index (κ1) is 13.1. The van der Waals surface area contributed by atoms with Crippen molar-refractivity contribution in [2.45, 2.75) is 31.3 Å². The van der Waals surface area contributed by atoms with Gasteiger partial charge in [0.05, 0.1) is 0 Å². The molecule has 5 heteroatoms. The molecule has 3 heterocycles. The Balaban J connectivity index is 1.50. The molecule has 3 aliphatic heterocycles. The van der Waals surface area contributed by atoms with Crippen LogP contribution in [0, 0.1) is 0 Å². The summed E-state index contributed by atoms with van der Waals surface area (Å²) in [7, 11) is 0. The molecule has 2 fully saturated rings. The molecule has 0 aromatic heterocycles. The zero-order chi connectivity index (χ0) is 14.4. The van der Waals surface area contributed by atoms with Crippen molar-refractivity contribution in [2.24, 2.45) is 5.73 Å². The smallest absolute Gasteiger partial charge is 0.245 e. The Morgan fingerprint density at radius 2 is 2.00 bits per heavy atom. The number of rotatable bonds is 2. The van der Waals surface area contributed by atoms with Crippen LogP contribution in [0.15, 0.2) is 18.2 Å². The van der Waals surface area contributed by atoms with Crippen molar-refractivity contribution >= 4 is 17.3 Å². The van der Waals surface area contributed by atoms with Gasteiger partial charge >= 0.3 is 0 Å². The third-order valence-electron chi connectivity index (χ3n) is 5.10. The molecule has 1 aromatic carbocycles. The Hall–Kier alpha value is -1.59. The van der Waals surface area contributed by atoms with Crippen molar-refractivity contribution in [1.82, 2.24) is 4.90 Å². The van der Waals surface area contributed by atoms with E-state index >= 15 is 0 Å². The summed E-state index contributed by atoms with van der Waals surface area (Å²) in [5, 5.41) is 2.88. The Bertz CT molecular complexity index is 567. The summed E-state index contributed by atoms with van der Waals surface area (Å²) < 4.78 is 0. The zero-order valence-corrected chi connectivity index (χ0v) is 12.2. The van der Waals surface area contributed by atoms with Crippen molar-refractivity contribution in [3.8, 4) is 0 Å². The highest BCUT2D eigenvalue weighted by molar-refractivity contribution is 6.02. The normalized spacial score (nSPS) is 29.0. The number of nitrogens with one attached hydrogen (secondary N) is 1. The van der Waals surface area contributed by atoms with Crippen LogP contribution in [-0.4, -0.2) is 43.0 Å². The topological polar surface area (TPSA) is 61.6 Å². The van der Waals surface area contributed by atoms with E-state index < -0.39 is 6.04 Å². The molecule has 2 unspecified atom stereocenters.